The summed E-state index contributed by atoms with van der Waals surface area (Å²) >= 11 is 0. The van der Waals surface area contributed by atoms with Crippen LogP contribution in [0.25, 0.3) is 0 Å². The summed E-state index contributed by atoms with van der Waals surface area (Å²) in [4.78, 5) is 9.45. The number of urea groups is 1. The minimum atomic E-state index is -1.10. The Morgan fingerprint density at radius 3 is 1.86 bits per heavy atom. The van der Waals surface area contributed by atoms with Crippen molar-refractivity contribution in [3.05, 3.63) is 5.21 Å². The number of hydrogen-bond acceptors (Lipinski definition) is 3. The van der Waals surface area contributed by atoms with E-state index in [0.717, 1.165) is 0 Å². The van der Waals surface area contributed by atoms with Gasteiger partial charge in [0.05, 0.1) is 0 Å². The molecule has 0 bridgehead atoms. The van der Waals surface area contributed by atoms with E-state index >= 15 is 0 Å². The normalized spacial score (nSPS) is 11.7. The summed E-state index contributed by atoms with van der Waals surface area (Å²) in [7, 11) is 0. The first-order chi connectivity index (χ1) is 2.64. The monoisotopic (exact) mass is 127 g/mol. The lowest BCUT2D eigenvalue weighted by atomic mass is 11.1. The molecule has 0 aliphatic rings. The summed E-state index contributed by atoms with van der Waals surface area (Å²) in [6, 6.07) is -1.10. The van der Waals surface area contributed by atoms with Gasteiger partial charge in [-0.25, -0.2) is 9.97 Å². The minimum Gasteiger partial charge on any atom is -0.605 e. The van der Waals surface area contributed by atoms with Crippen molar-refractivity contribution in [1.82, 2.24) is 0 Å². The van der Waals surface area contributed by atoms with Crippen molar-refractivity contribution in [2.75, 3.05) is 0 Å². The Kier molecular flexibility index (Phi) is 5.35. The average molecular weight is 128 g/mol. The smallest absolute Gasteiger partial charge is 0.431 e. The van der Waals surface area contributed by atoms with E-state index in [2.05, 4.69) is 11.6 Å². The molecule has 0 fully saturated rings. The highest BCUT2D eigenvalue weighted by atomic mass is 35.5. The topological polar surface area (TPSA) is 96.6 Å². The van der Waals surface area contributed by atoms with Gasteiger partial charge in [-0.1, -0.05) is 0 Å². The van der Waals surface area contributed by atoms with Crippen LogP contribution >= 0.6 is 12.4 Å². The van der Waals surface area contributed by atoms with Crippen LogP contribution in [0.4, 0.5) is 4.79 Å². The van der Waals surface area contributed by atoms with Gasteiger partial charge >= 0.3 is 6.03 Å². The first-order valence-corrected chi connectivity index (χ1v) is 1.24. The van der Waals surface area contributed by atoms with Gasteiger partial charge in [-0.3, -0.25) is 0 Å². The number of quaternary nitrogens is 1. The number of carbonyl (C=O) groups excluding carboxylic acids is 1. The van der Waals surface area contributed by atoms with Crippen molar-refractivity contribution >= 4 is 18.4 Å². The molecule has 0 aromatic carbocycles. The Hall–Kier alpha value is -0.360. The molecule has 6 heteroatoms. The van der Waals surface area contributed by atoms with Crippen molar-refractivity contribution < 1.29 is 9.97 Å². The Morgan fingerprint density at radius 1 is 1.71 bits per heavy atom. The van der Waals surface area contributed by atoms with E-state index in [9.17, 15) is 10.0 Å². The fourth-order valence-corrected chi connectivity index (χ4v) is 0. The molecule has 1 atom stereocenters. The van der Waals surface area contributed by atoms with Crippen molar-refractivity contribution in [1.29, 1.82) is 0 Å². The van der Waals surface area contributed by atoms with Crippen molar-refractivity contribution in [3.8, 4) is 0 Å². The zero-order chi connectivity index (χ0) is 5.15. The molecule has 0 radical (unpaired) electrons. The van der Waals surface area contributed by atoms with Gasteiger partial charge in [0.25, 0.3) is 0 Å². The van der Waals surface area contributed by atoms with Crippen LogP contribution in [-0.4, -0.2) is 6.03 Å². The molecule has 0 aromatic heterocycles. The summed E-state index contributed by atoms with van der Waals surface area (Å²) in [6.07, 6.45) is 0. The number of primary amides is 1. The molecule has 0 saturated heterocycles. The molecular formula is CH6ClN3O2. The van der Waals surface area contributed by atoms with Gasteiger partial charge in [-0.2, -0.15) is 5.84 Å². The van der Waals surface area contributed by atoms with E-state index in [4.69, 9.17) is 0 Å². The lowest BCUT2D eigenvalue weighted by Crippen LogP contribution is -3.17. The number of amides is 2. The lowest BCUT2D eigenvalue weighted by Gasteiger charge is -2.05. The highest BCUT2D eigenvalue weighted by Crippen LogP contribution is 1.28. The number of carbonyl (C=O) groups is 1. The molecule has 0 rings (SSSR count). The van der Waals surface area contributed by atoms with E-state index in [1.165, 1.54) is 0 Å². The van der Waals surface area contributed by atoms with E-state index in [1.54, 1.807) is 0 Å². The van der Waals surface area contributed by atoms with Gasteiger partial charge < -0.3 is 10.9 Å². The number of nitrogens with two attached hydrogens (primary N) is 2. The Labute approximate surface area is 46.2 Å². The van der Waals surface area contributed by atoms with Crippen molar-refractivity contribution in [2.24, 2.45) is 11.6 Å². The number of rotatable bonds is 0. The molecule has 5 nitrogen and oxygen atoms in total. The van der Waals surface area contributed by atoms with Crippen LogP contribution in [0.1, 0.15) is 0 Å². The highest BCUT2D eigenvalue weighted by Gasteiger charge is 1.92. The van der Waals surface area contributed by atoms with Gasteiger partial charge in [-0.05, 0) is 0 Å². The van der Waals surface area contributed by atoms with Crippen molar-refractivity contribution in [3.63, 3.8) is 0 Å². The van der Waals surface area contributed by atoms with Crippen LogP contribution in [-0.2, 0) is 0 Å². The van der Waals surface area contributed by atoms with Crippen LogP contribution in [0.2, 0.25) is 0 Å². The Balaban J connectivity index is 0. The molecule has 0 saturated carbocycles. The molecule has 0 spiro atoms. The molecule has 5 N–H and O–H groups in total. The molecule has 0 aromatic rings. The van der Waals surface area contributed by atoms with Gasteiger partial charge in [0, 0.05) is 0 Å². The molecule has 2 amide bonds. The maximum atomic E-state index is 9.45. The average Bonchev–Trinajstić information content (AvgIpc) is 1.36. The van der Waals surface area contributed by atoms with Crippen LogP contribution in [0.5, 0.6) is 0 Å². The van der Waals surface area contributed by atoms with E-state index in [0.29, 0.717) is 0 Å². The number of hydroxylamine groups is 1. The molecule has 0 aliphatic heterocycles. The molecule has 1 unspecified atom stereocenters. The SMILES string of the molecule is Cl.NC(=O)[NH+](N)[O-]. The van der Waals surface area contributed by atoms with Gasteiger partial charge in [0.2, 0.25) is 0 Å². The maximum Gasteiger partial charge on any atom is 0.431 e. The first-order valence-electron chi connectivity index (χ1n) is 1.24. The zero-order valence-corrected chi connectivity index (χ0v) is 4.20. The van der Waals surface area contributed by atoms with Gasteiger partial charge in [0.15, 0.2) is 0 Å². The number of halogens is 1. The van der Waals surface area contributed by atoms with E-state index in [1.807, 2.05) is 0 Å². The predicted octanol–water partition coefficient (Wildman–Crippen LogP) is -2.26. The van der Waals surface area contributed by atoms with Gasteiger partial charge in [-0.15, -0.1) is 12.4 Å². The first kappa shape index (κ1) is 9.81. The lowest BCUT2D eigenvalue weighted by molar-refractivity contribution is -0.770. The number of nitrogens with one attached hydrogen (secondary N) is 1. The summed E-state index contributed by atoms with van der Waals surface area (Å²) < 4.78 is 0. The molecule has 0 aliphatic carbocycles. The van der Waals surface area contributed by atoms with Crippen LogP contribution < -0.4 is 16.7 Å². The molecular weight excluding hydrogens is 121 g/mol. The van der Waals surface area contributed by atoms with Gasteiger partial charge in [0.1, 0.15) is 0 Å². The minimum absolute atomic E-state index is 0. The summed E-state index contributed by atoms with van der Waals surface area (Å²) in [6.45, 7) is 0. The molecule has 44 valence electrons. The van der Waals surface area contributed by atoms with Crippen LogP contribution in [0, 0.1) is 5.21 Å². The van der Waals surface area contributed by atoms with E-state index < -0.39 is 11.2 Å². The van der Waals surface area contributed by atoms with Crippen molar-refractivity contribution in [2.45, 2.75) is 0 Å². The maximum absolute atomic E-state index is 9.45. The van der Waals surface area contributed by atoms with Crippen LogP contribution in [0.15, 0.2) is 0 Å². The van der Waals surface area contributed by atoms with E-state index in [-0.39, 0.29) is 12.4 Å². The quantitative estimate of drug-likeness (QED) is 0.195. The third kappa shape index (κ3) is 5.64. The van der Waals surface area contributed by atoms with Crippen LogP contribution in [0.3, 0.4) is 0 Å². The molecule has 0 heterocycles. The second-order valence-corrected chi connectivity index (χ2v) is 0.729. The Bertz CT molecular complexity index is 64.0. The third-order valence-electron chi connectivity index (χ3n) is 0.243. The summed E-state index contributed by atoms with van der Waals surface area (Å²) in [5.74, 6) is 4.32. The third-order valence-corrected chi connectivity index (χ3v) is 0.243. The Morgan fingerprint density at radius 2 is 1.86 bits per heavy atom. The standard InChI is InChI=1S/CH5N3O2.ClH/c2-1(5)4(3)6;/h4H,3H2,(H2,2,5);1H. The summed E-state index contributed by atoms with van der Waals surface area (Å²) in [5.41, 5.74) is 4.32. The second-order valence-electron chi connectivity index (χ2n) is 0.729. The zero-order valence-electron chi connectivity index (χ0n) is 3.38. The fourth-order valence-electron chi connectivity index (χ4n) is 0. The fraction of sp³-hybridized carbons (Fsp3) is 0. The summed E-state index contributed by atoms with van der Waals surface area (Å²) in [5, 5.41) is 8.34. The largest absolute Gasteiger partial charge is 0.605 e. The molecule has 7 heavy (non-hydrogen) atoms. The predicted molar refractivity (Wildman–Crippen MR) is 25.3 cm³/mol. The number of hydrogen-bond donors (Lipinski definition) is 3. The highest BCUT2D eigenvalue weighted by molar-refractivity contribution is 5.85. The second kappa shape index (κ2) is 3.82.